The van der Waals surface area contributed by atoms with Gasteiger partial charge in [-0.3, -0.25) is 9.59 Å². The highest BCUT2D eigenvalue weighted by Gasteiger charge is 2.39. The van der Waals surface area contributed by atoms with Crippen molar-refractivity contribution in [2.24, 2.45) is 5.41 Å². The summed E-state index contributed by atoms with van der Waals surface area (Å²) in [7, 11) is 0. The SMILES string of the molecule is Nc1cccc(CC(=O)NCC2(C(=O)O)CCCCC2)c1. The molecular weight excluding hydrogens is 268 g/mol. The highest BCUT2D eigenvalue weighted by molar-refractivity contribution is 5.81. The molecule has 5 nitrogen and oxygen atoms in total. The fraction of sp³-hybridized carbons (Fsp3) is 0.500. The second kappa shape index (κ2) is 6.61. The maximum Gasteiger partial charge on any atom is 0.311 e. The number of rotatable bonds is 5. The fourth-order valence-corrected chi connectivity index (χ4v) is 2.91. The summed E-state index contributed by atoms with van der Waals surface area (Å²) < 4.78 is 0. The molecule has 0 atom stereocenters. The molecule has 0 saturated heterocycles. The van der Waals surface area contributed by atoms with Gasteiger partial charge in [-0.2, -0.15) is 0 Å². The van der Waals surface area contributed by atoms with Gasteiger partial charge in [-0.25, -0.2) is 0 Å². The molecule has 4 N–H and O–H groups in total. The Hall–Kier alpha value is -2.04. The van der Waals surface area contributed by atoms with Crippen molar-refractivity contribution in [3.63, 3.8) is 0 Å². The van der Waals surface area contributed by atoms with Crippen LogP contribution in [0.5, 0.6) is 0 Å². The molecule has 1 amide bonds. The second-order valence-corrected chi connectivity index (χ2v) is 5.84. The van der Waals surface area contributed by atoms with E-state index < -0.39 is 11.4 Å². The number of carboxylic acid groups (broad SMARTS) is 1. The van der Waals surface area contributed by atoms with Crippen LogP contribution in [0.2, 0.25) is 0 Å². The number of nitrogens with two attached hydrogens (primary N) is 1. The molecule has 1 aliphatic carbocycles. The van der Waals surface area contributed by atoms with Crippen molar-refractivity contribution in [3.05, 3.63) is 29.8 Å². The standard InChI is InChI=1S/C16H22N2O3/c17-13-6-4-5-12(9-13)10-14(19)18-11-16(15(20)21)7-2-1-3-8-16/h4-6,9H,1-3,7-8,10-11,17H2,(H,18,19)(H,20,21). The van der Waals surface area contributed by atoms with Crippen LogP contribution in [0.15, 0.2) is 24.3 Å². The van der Waals surface area contributed by atoms with E-state index in [2.05, 4.69) is 5.32 Å². The van der Waals surface area contributed by atoms with E-state index in [1.165, 1.54) is 0 Å². The van der Waals surface area contributed by atoms with E-state index in [0.29, 0.717) is 18.5 Å². The number of aliphatic carboxylic acids is 1. The topological polar surface area (TPSA) is 92.4 Å². The molecule has 0 bridgehead atoms. The summed E-state index contributed by atoms with van der Waals surface area (Å²) in [4.78, 5) is 23.5. The van der Waals surface area contributed by atoms with Crippen molar-refractivity contribution >= 4 is 17.6 Å². The maximum atomic E-state index is 12.0. The summed E-state index contributed by atoms with van der Waals surface area (Å²) in [5.74, 6) is -0.960. The smallest absolute Gasteiger partial charge is 0.311 e. The van der Waals surface area contributed by atoms with E-state index in [9.17, 15) is 14.7 Å². The van der Waals surface area contributed by atoms with Crippen LogP contribution in [0.3, 0.4) is 0 Å². The van der Waals surface area contributed by atoms with Gasteiger partial charge in [0.25, 0.3) is 0 Å². The minimum absolute atomic E-state index is 0.160. The molecular formula is C16H22N2O3. The number of carbonyl (C=O) groups is 2. The Kier molecular flexibility index (Phi) is 4.83. The predicted molar refractivity (Wildman–Crippen MR) is 80.7 cm³/mol. The van der Waals surface area contributed by atoms with Crippen molar-refractivity contribution in [2.75, 3.05) is 12.3 Å². The number of nitrogen functional groups attached to an aromatic ring is 1. The van der Waals surface area contributed by atoms with E-state index in [-0.39, 0.29) is 18.9 Å². The second-order valence-electron chi connectivity index (χ2n) is 5.84. The number of carbonyl (C=O) groups excluding carboxylic acids is 1. The van der Waals surface area contributed by atoms with Crippen molar-refractivity contribution in [1.82, 2.24) is 5.32 Å². The number of carboxylic acids is 1. The average Bonchev–Trinajstić information content (AvgIpc) is 2.46. The van der Waals surface area contributed by atoms with E-state index in [1.807, 2.05) is 6.07 Å². The Bertz CT molecular complexity index is 522. The van der Waals surface area contributed by atoms with E-state index in [1.54, 1.807) is 18.2 Å². The Morgan fingerprint density at radius 1 is 1.24 bits per heavy atom. The number of benzene rings is 1. The summed E-state index contributed by atoms with van der Waals surface area (Å²) in [6.07, 6.45) is 4.41. The quantitative estimate of drug-likeness (QED) is 0.723. The van der Waals surface area contributed by atoms with Crippen LogP contribution < -0.4 is 11.1 Å². The first-order chi connectivity index (χ1) is 10.0. The van der Waals surface area contributed by atoms with Gasteiger partial charge >= 0.3 is 5.97 Å². The van der Waals surface area contributed by atoms with Crippen LogP contribution in [0.25, 0.3) is 0 Å². The molecule has 0 unspecified atom stereocenters. The predicted octanol–water partition coefficient (Wildman–Crippen LogP) is 1.96. The third-order valence-electron chi connectivity index (χ3n) is 4.20. The number of anilines is 1. The van der Waals surface area contributed by atoms with Crippen LogP contribution in [0, 0.1) is 5.41 Å². The Labute approximate surface area is 124 Å². The molecule has 0 aliphatic heterocycles. The van der Waals surface area contributed by atoms with Gasteiger partial charge in [0.1, 0.15) is 0 Å². The summed E-state index contributed by atoms with van der Waals surface area (Å²) in [5.41, 5.74) is 6.34. The van der Waals surface area contributed by atoms with Gasteiger partial charge in [-0.05, 0) is 30.5 Å². The van der Waals surface area contributed by atoms with Crippen LogP contribution in [-0.4, -0.2) is 23.5 Å². The van der Waals surface area contributed by atoms with Crippen LogP contribution in [-0.2, 0) is 16.0 Å². The molecule has 0 heterocycles. The lowest BCUT2D eigenvalue weighted by atomic mass is 9.74. The molecule has 1 fully saturated rings. The normalized spacial score (nSPS) is 17.1. The number of hydrogen-bond donors (Lipinski definition) is 3. The summed E-state index contributed by atoms with van der Waals surface area (Å²) >= 11 is 0. The third-order valence-corrected chi connectivity index (χ3v) is 4.20. The van der Waals surface area contributed by atoms with Crippen LogP contribution in [0.1, 0.15) is 37.7 Å². The molecule has 5 heteroatoms. The number of hydrogen-bond acceptors (Lipinski definition) is 3. The third kappa shape index (κ3) is 3.97. The molecule has 0 spiro atoms. The summed E-state index contributed by atoms with van der Waals surface area (Å²) in [6, 6.07) is 7.16. The lowest BCUT2D eigenvalue weighted by molar-refractivity contribution is -0.151. The molecule has 1 saturated carbocycles. The number of nitrogens with one attached hydrogen (secondary N) is 1. The summed E-state index contributed by atoms with van der Waals surface area (Å²) in [5, 5.41) is 12.2. The first-order valence-electron chi connectivity index (χ1n) is 7.36. The van der Waals surface area contributed by atoms with Gasteiger partial charge in [-0.15, -0.1) is 0 Å². The average molecular weight is 290 g/mol. The van der Waals surface area contributed by atoms with Crippen molar-refractivity contribution < 1.29 is 14.7 Å². The van der Waals surface area contributed by atoms with Crippen molar-refractivity contribution in [3.8, 4) is 0 Å². The molecule has 21 heavy (non-hydrogen) atoms. The zero-order chi connectivity index (χ0) is 15.3. The highest BCUT2D eigenvalue weighted by Crippen LogP contribution is 2.36. The van der Waals surface area contributed by atoms with Gasteiger partial charge in [0.15, 0.2) is 0 Å². The zero-order valence-corrected chi connectivity index (χ0v) is 12.1. The van der Waals surface area contributed by atoms with Gasteiger partial charge in [0, 0.05) is 12.2 Å². The lowest BCUT2D eigenvalue weighted by Gasteiger charge is -2.33. The van der Waals surface area contributed by atoms with Gasteiger partial charge in [0.05, 0.1) is 11.8 Å². The molecule has 1 aliphatic rings. The van der Waals surface area contributed by atoms with Crippen LogP contribution in [0.4, 0.5) is 5.69 Å². The molecule has 1 aromatic carbocycles. The van der Waals surface area contributed by atoms with Gasteiger partial charge < -0.3 is 16.2 Å². The minimum Gasteiger partial charge on any atom is -0.481 e. The molecule has 0 radical (unpaired) electrons. The minimum atomic E-state index is -0.800. The first-order valence-corrected chi connectivity index (χ1v) is 7.36. The molecule has 1 aromatic rings. The van der Waals surface area contributed by atoms with Crippen LogP contribution >= 0.6 is 0 Å². The Balaban J connectivity index is 1.91. The van der Waals surface area contributed by atoms with E-state index in [0.717, 1.165) is 24.8 Å². The first kappa shape index (κ1) is 15.4. The number of amides is 1. The zero-order valence-electron chi connectivity index (χ0n) is 12.1. The highest BCUT2D eigenvalue weighted by atomic mass is 16.4. The molecule has 0 aromatic heterocycles. The van der Waals surface area contributed by atoms with Gasteiger partial charge in [0.2, 0.25) is 5.91 Å². The monoisotopic (exact) mass is 290 g/mol. The fourth-order valence-electron chi connectivity index (χ4n) is 2.91. The van der Waals surface area contributed by atoms with Gasteiger partial charge in [-0.1, -0.05) is 31.4 Å². The molecule has 2 rings (SSSR count). The maximum absolute atomic E-state index is 12.0. The lowest BCUT2D eigenvalue weighted by Crippen LogP contribution is -2.44. The largest absolute Gasteiger partial charge is 0.481 e. The van der Waals surface area contributed by atoms with E-state index >= 15 is 0 Å². The Morgan fingerprint density at radius 2 is 1.95 bits per heavy atom. The Morgan fingerprint density at radius 3 is 2.57 bits per heavy atom. The molecule has 114 valence electrons. The summed E-state index contributed by atoms with van der Waals surface area (Å²) in [6.45, 7) is 0.212. The van der Waals surface area contributed by atoms with Crippen molar-refractivity contribution in [2.45, 2.75) is 38.5 Å². The van der Waals surface area contributed by atoms with Crippen molar-refractivity contribution in [1.29, 1.82) is 0 Å². The van der Waals surface area contributed by atoms with E-state index in [4.69, 9.17) is 5.73 Å².